The Labute approximate surface area is 102 Å². The maximum atomic E-state index is 4.79. The Bertz CT molecular complexity index is 328. The molecule has 1 aromatic rings. The summed E-state index contributed by atoms with van der Waals surface area (Å²) in [7, 11) is 0. The van der Waals surface area contributed by atoms with E-state index in [9.17, 15) is 0 Å². The summed E-state index contributed by atoms with van der Waals surface area (Å²) >= 11 is 1.83. The van der Waals surface area contributed by atoms with Crippen LogP contribution in [0.15, 0.2) is 5.38 Å². The van der Waals surface area contributed by atoms with Crippen molar-refractivity contribution in [3.8, 4) is 0 Å². The van der Waals surface area contributed by atoms with Gasteiger partial charge in [0.25, 0.3) is 0 Å². The SMILES string of the molecule is CCNC(c1nc(C(C)C)cs1)C1CCC1. The molecule has 1 aliphatic carbocycles. The van der Waals surface area contributed by atoms with E-state index in [0.29, 0.717) is 12.0 Å². The Hall–Kier alpha value is -0.410. The minimum atomic E-state index is 0.510. The molecule has 2 nitrogen and oxygen atoms in total. The number of rotatable bonds is 5. The first-order valence-corrected chi connectivity index (χ1v) is 7.29. The van der Waals surface area contributed by atoms with E-state index in [1.807, 2.05) is 11.3 Å². The van der Waals surface area contributed by atoms with Crippen LogP contribution in [0.1, 0.15) is 62.7 Å². The number of aromatic nitrogens is 1. The summed E-state index contributed by atoms with van der Waals surface area (Å²) in [6.45, 7) is 7.65. The Kier molecular flexibility index (Phi) is 3.98. The molecule has 0 aliphatic heterocycles. The van der Waals surface area contributed by atoms with Crippen molar-refractivity contribution >= 4 is 11.3 Å². The van der Waals surface area contributed by atoms with Crippen LogP contribution in [0.2, 0.25) is 0 Å². The molecule has 0 spiro atoms. The Morgan fingerprint density at radius 2 is 2.25 bits per heavy atom. The van der Waals surface area contributed by atoms with Gasteiger partial charge in [-0.2, -0.15) is 0 Å². The second-order valence-electron chi connectivity index (χ2n) is 4.99. The van der Waals surface area contributed by atoms with Crippen molar-refractivity contribution in [2.75, 3.05) is 6.54 Å². The third-order valence-electron chi connectivity index (χ3n) is 3.44. The fourth-order valence-corrected chi connectivity index (χ4v) is 3.30. The largest absolute Gasteiger partial charge is 0.308 e. The highest BCUT2D eigenvalue weighted by Gasteiger charge is 2.29. The first kappa shape index (κ1) is 12.1. The van der Waals surface area contributed by atoms with Gasteiger partial charge in [0, 0.05) is 5.38 Å². The van der Waals surface area contributed by atoms with Crippen molar-refractivity contribution in [2.45, 2.75) is 52.0 Å². The predicted octanol–water partition coefficient (Wildman–Crippen LogP) is 3.72. The van der Waals surface area contributed by atoms with E-state index < -0.39 is 0 Å². The number of hydrogen-bond acceptors (Lipinski definition) is 3. The fraction of sp³-hybridized carbons (Fsp3) is 0.769. The summed E-state index contributed by atoms with van der Waals surface area (Å²) < 4.78 is 0. The standard InChI is InChI=1S/C13H22N2S/c1-4-14-12(10-6-5-7-10)13-15-11(8-16-13)9(2)3/h8-10,12,14H,4-7H2,1-3H3. The van der Waals surface area contributed by atoms with Crippen molar-refractivity contribution in [3.63, 3.8) is 0 Å². The molecule has 16 heavy (non-hydrogen) atoms. The van der Waals surface area contributed by atoms with Crippen LogP contribution in [0.5, 0.6) is 0 Å². The molecule has 0 amide bonds. The molecular weight excluding hydrogens is 216 g/mol. The van der Waals surface area contributed by atoms with E-state index in [2.05, 4.69) is 31.5 Å². The number of thiazole rings is 1. The minimum absolute atomic E-state index is 0.510. The van der Waals surface area contributed by atoms with Crippen LogP contribution in [-0.2, 0) is 0 Å². The first-order chi connectivity index (χ1) is 7.72. The lowest BCUT2D eigenvalue weighted by Crippen LogP contribution is -2.32. The zero-order valence-electron chi connectivity index (χ0n) is 10.5. The molecule has 1 atom stereocenters. The van der Waals surface area contributed by atoms with E-state index in [0.717, 1.165) is 12.5 Å². The van der Waals surface area contributed by atoms with Crippen LogP contribution in [0.3, 0.4) is 0 Å². The lowest BCUT2D eigenvalue weighted by atomic mass is 9.80. The summed E-state index contributed by atoms with van der Waals surface area (Å²) in [6.07, 6.45) is 4.14. The van der Waals surface area contributed by atoms with Gasteiger partial charge < -0.3 is 5.32 Å². The third-order valence-corrected chi connectivity index (χ3v) is 4.39. The van der Waals surface area contributed by atoms with Crippen LogP contribution < -0.4 is 5.32 Å². The molecule has 90 valence electrons. The smallest absolute Gasteiger partial charge is 0.110 e. The zero-order valence-corrected chi connectivity index (χ0v) is 11.3. The summed E-state index contributed by atoms with van der Waals surface area (Å²) in [4.78, 5) is 4.79. The second-order valence-corrected chi connectivity index (χ2v) is 5.88. The monoisotopic (exact) mass is 238 g/mol. The van der Waals surface area contributed by atoms with Crippen molar-refractivity contribution in [3.05, 3.63) is 16.1 Å². The van der Waals surface area contributed by atoms with Crippen LogP contribution in [0.4, 0.5) is 0 Å². The van der Waals surface area contributed by atoms with E-state index in [1.165, 1.54) is 30.0 Å². The highest BCUT2D eigenvalue weighted by atomic mass is 32.1. The van der Waals surface area contributed by atoms with Crippen LogP contribution in [0, 0.1) is 5.92 Å². The second kappa shape index (κ2) is 5.28. The molecule has 0 radical (unpaired) electrons. The number of nitrogens with one attached hydrogen (secondary N) is 1. The molecule has 0 saturated heterocycles. The van der Waals surface area contributed by atoms with Gasteiger partial charge in [-0.3, -0.25) is 0 Å². The minimum Gasteiger partial charge on any atom is -0.308 e. The lowest BCUT2D eigenvalue weighted by Gasteiger charge is -2.33. The summed E-state index contributed by atoms with van der Waals surface area (Å²) in [6, 6.07) is 0.510. The molecule has 3 heteroatoms. The molecule has 1 unspecified atom stereocenters. The topological polar surface area (TPSA) is 24.9 Å². The van der Waals surface area contributed by atoms with Crippen molar-refractivity contribution in [1.29, 1.82) is 0 Å². The van der Waals surface area contributed by atoms with Crippen molar-refractivity contribution in [1.82, 2.24) is 10.3 Å². The van der Waals surface area contributed by atoms with Gasteiger partial charge in [-0.15, -0.1) is 11.3 Å². The molecule has 1 aromatic heterocycles. The van der Waals surface area contributed by atoms with E-state index in [-0.39, 0.29) is 0 Å². The third kappa shape index (κ3) is 2.46. The average molecular weight is 238 g/mol. The molecule has 1 fully saturated rings. The highest BCUT2D eigenvalue weighted by Crippen LogP contribution is 2.39. The first-order valence-electron chi connectivity index (χ1n) is 6.41. The summed E-state index contributed by atoms with van der Waals surface area (Å²) in [5.41, 5.74) is 1.25. The summed E-state index contributed by atoms with van der Waals surface area (Å²) in [5, 5.41) is 7.13. The maximum absolute atomic E-state index is 4.79. The van der Waals surface area contributed by atoms with Gasteiger partial charge >= 0.3 is 0 Å². The van der Waals surface area contributed by atoms with E-state index in [4.69, 9.17) is 4.98 Å². The van der Waals surface area contributed by atoms with Gasteiger partial charge in [0.15, 0.2) is 0 Å². The molecule has 1 saturated carbocycles. The molecule has 0 aromatic carbocycles. The molecule has 2 rings (SSSR count). The van der Waals surface area contributed by atoms with Crippen LogP contribution in [-0.4, -0.2) is 11.5 Å². The lowest BCUT2D eigenvalue weighted by molar-refractivity contribution is 0.232. The normalized spacial score (nSPS) is 18.8. The maximum Gasteiger partial charge on any atom is 0.110 e. The zero-order chi connectivity index (χ0) is 11.5. The highest BCUT2D eigenvalue weighted by molar-refractivity contribution is 7.09. The van der Waals surface area contributed by atoms with Gasteiger partial charge in [0.2, 0.25) is 0 Å². The quantitative estimate of drug-likeness (QED) is 0.845. The van der Waals surface area contributed by atoms with Crippen LogP contribution >= 0.6 is 11.3 Å². The van der Waals surface area contributed by atoms with E-state index in [1.54, 1.807) is 0 Å². The molecule has 1 aliphatic rings. The number of nitrogens with zero attached hydrogens (tertiary/aromatic N) is 1. The molecule has 1 N–H and O–H groups in total. The summed E-state index contributed by atoms with van der Waals surface area (Å²) in [5.74, 6) is 1.37. The van der Waals surface area contributed by atoms with Gasteiger partial charge in [0.05, 0.1) is 11.7 Å². The predicted molar refractivity (Wildman–Crippen MR) is 70.0 cm³/mol. The Morgan fingerprint density at radius 1 is 1.50 bits per heavy atom. The van der Waals surface area contributed by atoms with Gasteiger partial charge in [-0.25, -0.2) is 4.98 Å². The average Bonchev–Trinajstić information content (AvgIpc) is 2.62. The molecule has 1 heterocycles. The van der Waals surface area contributed by atoms with E-state index >= 15 is 0 Å². The molecule has 0 bridgehead atoms. The van der Waals surface area contributed by atoms with Gasteiger partial charge in [0.1, 0.15) is 5.01 Å². The number of hydrogen-bond donors (Lipinski definition) is 1. The van der Waals surface area contributed by atoms with Crippen LogP contribution in [0.25, 0.3) is 0 Å². The van der Waals surface area contributed by atoms with Crippen molar-refractivity contribution in [2.24, 2.45) is 5.92 Å². The Balaban J connectivity index is 2.10. The van der Waals surface area contributed by atoms with Gasteiger partial charge in [-0.1, -0.05) is 27.2 Å². The molecular formula is C13H22N2S. The van der Waals surface area contributed by atoms with Crippen molar-refractivity contribution < 1.29 is 0 Å². The fourth-order valence-electron chi connectivity index (χ4n) is 2.16. The van der Waals surface area contributed by atoms with Gasteiger partial charge in [-0.05, 0) is 31.2 Å². The Morgan fingerprint density at radius 3 is 2.69 bits per heavy atom.